The van der Waals surface area contributed by atoms with Gasteiger partial charge >= 0.3 is 0 Å². The van der Waals surface area contributed by atoms with E-state index in [-0.39, 0.29) is 5.91 Å². The van der Waals surface area contributed by atoms with Crippen molar-refractivity contribution in [1.29, 1.82) is 0 Å². The van der Waals surface area contributed by atoms with Crippen LogP contribution in [0.15, 0.2) is 60.7 Å². The number of rotatable bonds is 7. The van der Waals surface area contributed by atoms with Crippen LogP contribution in [0.25, 0.3) is 6.08 Å². The molecule has 2 aromatic carbocycles. The third-order valence-electron chi connectivity index (χ3n) is 3.50. The summed E-state index contributed by atoms with van der Waals surface area (Å²) in [6, 6.07) is 17.7. The van der Waals surface area contributed by atoms with E-state index in [4.69, 9.17) is 4.74 Å². The maximum absolute atomic E-state index is 11.9. The van der Waals surface area contributed by atoms with Gasteiger partial charge in [-0.15, -0.1) is 0 Å². The van der Waals surface area contributed by atoms with Crippen molar-refractivity contribution in [1.82, 2.24) is 5.32 Å². The third-order valence-corrected chi connectivity index (χ3v) is 3.50. The number of methoxy groups -OCH3 is 1. The van der Waals surface area contributed by atoms with Gasteiger partial charge in [0.2, 0.25) is 5.91 Å². The smallest absolute Gasteiger partial charge is 0.244 e. The molecule has 0 fully saturated rings. The summed E-state index contributed by atoms with van der Waals surface area (Å²) >= 11 is 0. The lowest BCUT2D eigenvalue weighted by molar-refractivity contribution is -0.116. The Morgan fingerprint density at radius 2 is 1.83 bits per heavy atom. The maximum atomic E-state index is 11.9. The van der Waals surface area contributed by atoms with Gasteiger partial charge in [-0.3, -0.25) is 4.79 Å². The van der Waals surface area contributed by atoms with Crippen molar-refractivity contribution >= 4 is 17.7 Å². The Hall–Kier alpha value is -2.75. The number of para-hydroxylation sites is 2. The molecule has 0 spiro atoms. The number of anilines is 1. The molecule has 23 heavy (non-hydrogen) atoms. The normalized spacial score (nSPS) is 10.5. The van der Waals surface area contributed by atoms with Gasteiger partial charge in [0.15, 0.2) is 0 Å². The van der Waals surface area contributed by atoms with E-state index in [2.05, 4.69) is 10.2 Å². The van der Waals surface area contributed by atoms with Gasteiger partial charge in [0.05, 0.1) is 7.11 Å². The minimum Gasteiger partial charge on any atom is -0.496 e. The van der Waals surface area contributed by atoms with E-state index in [0.29, 0.717) is 6.54 Å². The molecule has 0 saturated heterocycles. The molecular weight excluding hydrogens is 288 g/mol. The number of nitrogens with one attached hydrogen (secondary N) is 1. The number of carbonyl (C=O) groups excluding carboxylic acids is 1. The first-order chi connectivity index (χ1) is 11.2. The SMILES string of the molecule is COc1ccccc1/C=C/C(=O)NCCN(C)c1ccccc1. The number of hydrogen-bond acceptors (Lipinski definition) is 3. The van der Waals surface area contributed by atoms with Gasteiger partial charge in [-0.1, -0.05) is 36.4 Å². The van der Waals surface area contributed by atoms with Crippen LogP contribution in [0, 0.1) is 0 Å². The lowest BCUT2D eigenvalue weighted by atomic mass is 10.2. The second kappa shape index (κ2) is 8.63. The van der Waals surface area contributed by atoms with Crippen LogP contribution in [0.2, 0.25) is 0 Å². The largest absolute Gasteiger partial charge is 0.496 e. The van der Waals surface area contributed by atoms with Crippen molar-refractivity contribution in [3.63, 3.8) is 0 Å². The van der Waals surface area contributed by atoms with E-state index in [1.807, 2.05) is 61.6 Å². The first-order valence-electron chi connectivity index (χ1n) is 7.56. The fourth-order valence-electron chi connectivity index (χ4n) is 2.19. The fourth-order valence-corrected chi connectivity index (χ4v) is 2.19. The van der Waals surface area contributed by atoms with Gasteiger partial charge in [0.25, 0.3) is 0 Å². The van der Waals surface area contributed by atoms with E-state index in [1.165, 1.54) is 6.08 Å². The number of hydrogen-bond donors (Lipinski definition) is 1. The molecule has 120 valence electrons. The highest BCUT2D eigenvalue weighted by Crippen LogP contribution is 2.18. The Labute approximate surface area is 137 Å². The molecule has 0 heterocycles. The van der Waals surface area contributed by atoms with Crippen LogP contribution in [-0.4, -0.2) is 33.2 Å². The summed E-state index contributed by atoms with van der Waals surface area (Å²) in [5.74, 6) is 0.637. The number of ether oxygens (including phenoxy) is 1. The number of carbonyl (C=O) groups is 1. The van der Waals surface area contributed by atoms with Crippen molar-refractivity contribution in [3.8, 4) is 5.75 Å². The van der Waals surface area contributed by atoms with Gasteiger partial charge in [-0.2, -0.15) is 0 Å². The van der Waals surface area contributed by atoms with Crippen LogP contribution in [-0.2, 0) is 4.79 Å². The summed E-state index contributed by atoms with van der Waals surface area (Å²) in [6.45, 7) is 1.33. The van der Waals surface area contributed by atoms with E-state index < -0.39 is 0 Å². The molecule has 4 nitrogen and oxygen atoms in total. The van der Waals surface area contributed by atoms with Crippen LogP contribution in [0.5, 0.6) is 5.75 Å². The molecule has 0 aliphatic heterocycles. The average molecular weight is 310 g/mol. The zero-order valence-electron chi connectivity index (χ0n) is 13.5. The van der Waals surface area contributed by atoms with Crippen LogP contribution >= 0.6 is 0 Å². The Balaban J connectivity index is 1.80. The molecule has 1 amide bonds. The van der Waals surface area contributed by atoms with Gasteiger partial charge in [0.1, 0.15) is 5.75 Å². The summed E-state index contributed by atoms with van der Waals surface area (Å²) in [4.78, 5) is 14.0. The summed E-state index contributed by atoms with van der Waals surface area (Å²) in [7, 11) is 3.62. The number of amides is 1. The molecule has 0 aliphatic rings. The quantitative estimate of drug-likeness (QED) is 0.800. The molecule has 4 heteroatoms. The van der Waals surface area contributed by atoms with Crippen LogP contribution in [0.1, 0.15) is 5.56 Å². The summed E-state index contributed by atoms with van der Waals surface area (Å²) in [5, 5.41) is 2.88. The molecule has 0 saturated carbocycles. The van der Waals surface area contributed by atoms with Crippen LogP contribution < -0.4 is 15.0 Å². The standard InChI is InChI=1S/C19H22N2O2/c1-21(17-9-4-3-5-10-17)15-14-20-19(22)13-12-16-8-6-7-11-18(16)23-2/h3-13H,14-15H2,1-2H3,(H,20,22)/b13-12+. The van der Waals surface area contributed by atoms with Crippen molar-refractivity contribution in [2.45, 2.75) is 0 Å². The zero-order chi connectivity index (χ0) is 16.5. The molecule has 0 atom stereocenters. The number of nitrogens with zero attached hydrogens (tertiary/aromatic N) is 1. The number of benzene rings is 2. The summed E-state index contributed by atoms with van der Waals surface area (Å²) in [6.07, 6.45) is 3.29. The molecule has 0 aliphatic carbocycles. The van der Waals surface area contributed by atoms with Gasteiger partial charge in [0, 0.05) is 37.5 Å². The maximum Gasteiger partial charge on any atom is 0.244 e. The second-order valence-corrected chi connectivity index (χ2v) is 5.12. The second-order valence-electron chi connectivity index (χ2n) is 5.12. The zero-order valence-corrected chi connectivity index (χ0v) is 13.5. The lowest BCUT2D eigenvalue weighted by Gasteiger charge is -2.19. The Morgan fingerprint density at radius 1 is 1.13 bits per heavy atom. The van der Waals surface area contributed by atoms with Crippen molar-refractivity contribution in [3.05, 3.63) is 66.2 Å². The highest BCUT2D eigenvalue weighted by atomic mass is 16.5. The van der Waals surface area contributed by atoms with E-state index in [0.717, 1.165) is 23.5 Å². The van der Waals surface area contributed by atoms with Crippen molar-refractivity contribution < 1.29 is 9.53 Å². The van der Waals surface area contributed by atoms with E-state index in [9.17, 15) is 4.79 Å². The molecular formula is C19H22N2O2. The minimum atomic E-state index is -0.114. The molecule has 0 aromatic heterocycles. The summed E-state index contributed by atoms with van der Waals surface area (Å²) < 4.78 is 5.25. The van der Waals surface area contributed by atoms with Crippen molar-refractivity contribution in [2.75, 3.05) is 32.1 Å². The lowest BCUT2D eigenvalue weighted by Crippen LogP contribution is -2.31. The van der Waals surface area contributed by atoms with Crippen LogP contribution in [0.4, 0.5) is 5.69 Å². The first-order valence-corrected chi connectivity index (χ1v) is 7.56. The molecule has 0 bridgehead atoms. The number of likely N-dealkylation sites (N-methyl/N-ethyl adjacent to an activating group) is 1. The van der Waals surface area contributed by atoms with Crippen LogP contribution in [0.3, 0.4) is 0 Å². The Bertz CT molecular complexity index is 653. The highest BCUT2D eigenvalue weighted by molar-refractivity contribution is 5.92. The van der Waals surface area contributed by atoms with E-state index >= 15 is 0 Å². The van der Waals surface area contributed by atoms with Crippen molar-refractivity contribution in [2.24, 2.45) is 0 Å². The molecule has 0 radical (unpaired) electrons. The average Bonchev–Trinajstić information content (AvgIpc) is 2.60. The topological polar surface area (TPSA) is 41.6 Å². The van der Waals surface area contributed by atoms with Gasteiger partial charge < -0.3 is 15.0 Å². The molecule has 2 aromatic rings. The monoisotopic (exact) mass is 310 g/mol. The fraction of sp³-hybridized carbons (Fsp3) is 0.211. The van der Waals surface area contributed by atoms with E-state index in [1.54, 1.807) is 13.2 Å². The van der Waals surface area contributed by atoms with Gasteiger partial charge in [-0.05, 0) is 24.3 Å². The minimum absolute atomic E-state index is 0.114. The highest BCUT2D eigenvalue weighted by Gasteiger charge is 2.01. The third kappa shape index (κ3) is 5.18. The molecule has 1 N–H and O–H groups in total. The van der Waals surface area contributed by atoms with Gasteiger partial charge in [-0.25, -0.2) is 0 Å². The molecule has 0 unspecified atom stereocenters. The Kier molecular flexibility index (Phi) is 6.24. The predicted molar refractivity (Wildman–Crippen MR) is 94.7 cm³/mol. The summed E-state index contributed by atoms with van der Waals surface area (Å²) in [5.41, 5.74) is 2.01. The Morgan fingerprint density at radius 3 is 2.57 bits per heavy atom. The predicted octanol–water partition coefficient (Wildman–Crippen LogP) is 2.96. The molecule has 2 rings (SSSR count). The first kappa shape index (κ1) is 16.6.